The van der Waals surface area contributed by atoms with Crippen LogP contribution >= 0.6 is 0 Å². The molecule has 12 rings (SSSR count). The highest BCUT2D eigenvalue weighted by Gasteiger charge is 2.51. The van der Waals surface area contributed by atoms with Gasteiger partial charge in [0.25, 0.3) is 0 Å². The maximum Gasteiger partial charge on any atom is 0.0754 e. The number of para-hydroxylation sites is 3. The Morgan fingerprint density at radius 3 is 1.43 bits per heavy atom. The van der Waals surface area contributed by atoms with Crippen molar-refractivity contribution in [3.8, 4) is 44.6 Å². The van der Waals surface area contributed by atoms with E-state index < -0.39 is 5.41 Å². The second-order valence-corrected chi connectivity index (χ2v) is 15.4. The number of nitrogens with zero attached hydrogens (tertiary/aromatic N) is 2. The lowest BCUT2D eigenvalue weighted by atomic mass is 9.64. The quantitative estimate of drug-likeness (QED) is 0.167. The zero-order valence-electron chi connectivity index (χ0n) is 31.7. The van der Waals surface area contributed by atoms with Crippen LogP contribution in [0.1, 0.15) is 22.3 Å². The molecule has 1 aromatic heterocycles. The average molecular weight is 737 g/mol. The third-order valence-electron chi connectivity index (χ3n) is 12.5. The van der Waals surface area contributed by atoms with E-state index in [1.165, 1.54) is 83.0 Å². The molecule has 1 spiro atoms. The highest BCUT2D eigenvalue weighted by molar-refractivity contribution is 6.21. The zero-order valence-corrected chi connectivity index (χ0v) is 31.7. The van der Waals surface area contributed by atoms with Crippen LogP contribution in [0.15, 0.2) is 219 Å². The van der Waals surface area contributed by atoms with E-state index in [0.717, 1.165) is 22.5 Å². The zero-order chi connectivity index (χ0) is 38.2. The van der Waals surface area contributed by atoms with Crippen LogP contribution in [0.4, 0.5) is 17.1 Å². The van der Waals surface area contributed by atoms with Crippen molar-refractivity contribution in [2.75, 3.05) is 4.90 Å². The Hall–Kier alpha value is -7.55. The maximum atomic E-state index is 5.21. The number of rotatable bonds is 4. The lowest BCUT2D eigenvalue weighted by molar-refractivity contribution is 0.752. The van der Waals surface area contributed by atoms with Gasteiger partial charge in [-0.3, -0.25) is 4.98 Å². The average Bonchev–Trinajstić information content (AvgIpc) is 3.59. The summed E-state index contributed by atoms with van der Waals surface area (Å²) in [6.07, 6.45) is 2.07. The first-order chi connectivity index (χ1) is 28.8. The van der Waals surface area contributed by atoms with E-state index >= 15 is 0 Å². The Morgan fingerprint density at radius 1 is 0.345 bits per heavy atom. The van der Waals surface area contributed by atoms with Crippen molar-refractivity contribution < 1.29 is 0 Å². The molecular weight excluding hydrogens is 701 g/mol. The normalized spacial score (nSPS) is 13.3. The Balaban J connectivity index is 1.02. The van der Waals surface area contributed by atoms with E-state index in [0.29, 0.717) is 0 Å². The van der Waals surface area contributed by atoms with Crippen molar-refractivity contribution in [1.82, 2.24) is 4.98 Å². The van der Waals surface area contributed by atoms with Crippen molar-refractivity contribution in [2.45, 2.75) is 5.41 Å². The second-order valence-electron chi connectivity index (χ2n) is 15.4. The van der Waals surface area contributed by atoms with Gasteiger partial charge in [0.1, 0.15) is 0 Å². The fourth-order valence-electron chi connectivity index (χ4n) is 10.2. The van der Waals surface area contributed by atoms with E-state index in [4.69, 9.17) is 4.98 Å². The van der Waals surface area contributed by atoms with Gasteiger partial charge in [-0.25, -0.2) is 0 Å². The first kappa shape index (κ1) is 32.7. The molecule has 270 valence electrons. The minimum atomic E-state index is -0.478. The summed E-state index contributed by atoms with van der Waals surface area (Å²) in [6.45, 7) is 0. The van der Waals surface area contributed by atoms with Gasteiger partial charge in [0, 0.05) is 23.0 Å². The first-order valence-electron chi connectivity index (χ1n) is 20.0. The minimum Gasteiger partial charge on any atom is -0.310 e. The first-order valence-corrected chi connectivity index (χ1v) is 20.0. The van der Waals surface area contributed by atoms with Gasteiger partial charge < -0.3 is 4.90 Å². The monoisotopic (exact) mass is 736 g/mol. The van der Waals surface area contributed by atoms with Gasteiger partial charge in [-0.15, -0.1) is 0 Å². The van der Waals surface area contributed by atoms with E-state index in [1.807, 2.05) is 0 Å². The third-order valence-corrected chi connectivity index (χ3v) is 12.5. The molecule has 0 unspecified atom stereocenters. The second kappa shape index (κ2) is 12.7. The van der Waals surface area contributed by atoms with Gasteiger partial charge in [0.15, 0.2) is 0 Å². The summed E-state index contributed by atoms with van der Waals surface area (Å²) in [5, 5.41) is 4.95. The number of benzene rings is 9. The van der Waals surface area contributed by atoms with Crippen molar-refractivity contribution >= 4 is 38.6 Å². The summed E-state index contributed by atoms with van der Waals surface area (Å²) in [4.78, 5) is 7.64. The Kier molecular flexibility index (Phi) is 7.18. The van der Waals surface area contributed by atoms with Crippen molar-refractivity contribution in [1.29, 1.82) is 0 Å². The third kappa shape index (κ3) is 4.57. The van der Waals surface area contributed by atoms with E-state index in [-0.39, 0.29) is 0 Å². The molecule has 0 radical (unpaired) electrons. The van der Waals surface area contributed by atoms with Crippen molar-refractivity contribution in [2.24, 2.45) is 0 Å². The molecule has 2 heteroatoms. The fraction of sp³-hybridized carbons (Fsp3) is 0.0179. The molecule has 2 nitrogen and oxygen atoms in total. The maximum absolute atomic E-state index is 5.21. The van der Waals surface area contributed by atoms with Crippen LogP contribution in [-0.4, -0.2) is 4.98 Å². The molecule has 0 saturated heterocycles. The summed E-state index contributed by atoms with van der Waals surface area (Å²) in [5.74, 6) is 0. The van der Waals surface area contributed by atoms with Gasteiger partial charge in [-0.1, -0.05) is 176 Å². The van der Waals surface area contributed by atoms with Crippen LogP contribution in [0.25, 0.3) is 66.2 Å². The number of fused-ring (bicyclic) bond motifs is 11. The fourth-order valence-corrected chi connectivity index (χ4v) is 10.2. The molecule has 2 aliphatic rings. The molecule has 0 atom stereocenters. The molecule has 0 saturated carbocycles. The van der Waals surface area contributed by atoms with Crippen molar-refractivity contribution in [3.63, 3.8) is 0 Å². The largest absolute Gasteiger partial charge is 0.310 e. The number of hydrogen-bond acceptors (Lipinski definition) is 2. The summed E-state index contributed by atoms with van der Waals surface area (Å²) in [5.41, 5.74) is 17.7. The van der Waals surface area contributed by atoms with Gasteiger partial charge in [-0.2, -0.15) is 0 Å². The highest BCUT2D eigenvalue weighted by Crippen LogP contribution is 2.63. The number of pyridine rings is 1. The lowest BCUT2D eigenvalue weighted by Crippen LogP contribution is -2.36. The molecule has 0 amide bonds. The molecule has 1 aliphatic carbocycles. The van der Waals surface area contributed by atoms with E-state index in [9.17, 15) is 0 Å². The predicted molar refractivity (Wildman–Crippen MR) is 241 cm³/mol. The van der Waals surface area contributed by atoms with Crippen LogP contribution in [0, 0.1) is 0 Å². The standard InChI is InChI=1S/C56H36N2/c1-3-17-37(18-4-1)54-42-22-7-9-24-44(42)55(45-25-10-8-23-43(45)54)39-32-34-51(57-36-39)38-31-33-48-46(35-38)41-21-11-12-26-47(41)56(48)49-27-13-15-29-52(49)58(40-19-5-2-6-20-40)53-30-16-14-28-50(53)56/h1-36H. The van der Waals surface area contributed by atoms with Crippen LogP contribution in [-0.2, 0) is 5.41 Å². The van der Waals surface area contributed by atoms with Crippen LogP contribution in [0.2, 0.25) is 0 Å². The molecule has 58 heavy (non-hydrogen) atoms. The SMILES string of the molecule is c1ccc(-c2c3ccccc3c(-c3ccc(-c4ccc5c(c4)-c4ccccc4C54c5ccccc5N(c5ccccc5)c5ccccc54)nc3)c3ccccc23)cc1. The Labute approximate surface area is 338 Å². The smallest absolute Gasteiger partial charge is 0.0754 e. The van der Waals surface area contributed by atoms with Crippen LogP contribution < -0.4 is 4.90 Å². The van der Waals surface area contributed by atoms with E-state index in [2.05, 4.69) is 223 Å². The van der Waals surface area contributed by atoms with Crippen molar-refractivity contribution in [3.05, 3.63) is 241 Å². The highest BCUT2D eigenvalue weighted by atomic mass is 15.2. The summed E-state index contributed by atoms with van der Waals surface area (Å²) < 4.78 is 0. The molecule has 0 fully saturated rings. The lowest BCUT2D eigenvalue weighted by Gasteiger charge is -2.45. The molecule has 1 aliphatic heterocycles. The number of aromatic nitrogens is 1. The summed E-state index contributed by atoms with van der Waals surface area (Å²) in [7, 11) is 0. The molecule has 10 aromatic rings. The molecule has 9 aromatic carbocycles. The minimum absolute atomic E-state index is 0.478. The molecule has 0 N–H and O–H groups in total. The van der Waals surface area contributed by atoms with Gasteiger partial charge in [0.2, 0.25) is 0 Å². The van der Waals surface area contributed by atoms with Gasteiger partial charge in [-0.05, 0) is 108 Å². The molecular formula is C56H36N2. The van der Waals surface area contributed by atoms with Crippen LogP contribution in [0.5, 0.6) is 0 Å². The molecule has 0 bridgehead atoms. The number of hydrogen-bond donors (Lipinski definition) is 0. The number of anilines is 3. The topological polar surface area (TPSA) is 16.1 Å². The summed E-state index contributed by atoms with van der Waals surface area (Å²) >= 11 is 0. The predicted octanol–water partition coefficient (Wildman–Crippen LogP) is 14.5. The Morgan fingerprint density at radius 2 is 0.828 bits per heavy atom. The van der Waals surface area contributed by atoms with Gasteiger partial charge in [0.05, 0.1) is 22.5 Å². The molecule has 2 heterocycles. The summed E-state index contributed by atoms with van der Waals surface area (Å²) in [6, 6.07) is 77.6. The van der Waals surface area contributed by atoms with E-state index in [1.54, 1.807) is 0 Å². The van der Waals surface area contributed by atoms with Gasteiger partial charge >= 0.3 is 0 Å². The van der Waals surface area contributed by atoms with Crippen LogP contribution in [0.3, 0.4) is 0 Å². The Bertz CT molecular complexity index is 3120.